The topological polar surface area (TPSA) is 118 Å². The maximum atomic E-state index is 14.0. The Hall–Kier alpha value is -0.940. The quantitative estimate of drug-likeness (QED) is 0.636. The van der Waals surface area contributed by atoms with Gasteiger partial charge in [-0.15, -0.1) is 12.4 Å². The van der Waals surface area contributed by atoms with Crippen molar-refractivity contribution in [2.75, 3.05) is 11.3 Å². The largest absolute Gasteiger partial charge is 0.329 e. The Bertz CT molecular complexity index is 780. The van der Waals surface area contributed by atoms with Gasteiger partial charge in [-0.2, -0.15) is 0 Å². The first-order valence-electron chi connectivity index (χ1n) is 6.86. The second kappa shape index (κ2) is 7.96. The van der Waals surface area contributed by atoms with Gasteiger partial charge in [-0.25, -0.2) is 25.9 Å². The molecule has 0 heterocycles. The zero-order valence-electron chi connectivity index (χ0n) is 13.8. The molecular formula is C13H23ClFN3O4S2. The average Bonchev–Trinajstić information content (AvgIpc) is 2.39. The van der Waals surface area contributed by atoms with Gasteiger partial charge in [-0.05, 0) is 45.9 Å². The van der Waals surface area contributed by atoms with E-state index in [0.717, 1.165) is 18.2 Å². The van der Waals surface area contributed by atoms with Crippen LogP contribution in [0.25, 0.3) is 0 Å². The molecule has 0 aliphatic carbocycles. The van der Waals surface area contributed by atoms with Crippen molar-refractivity contribution in [1.29, 1.82) is 0 Å². The highest BCUT2D eigenvalue weighted by Crippen LogP contribution is 2.21. The molecule has 0 spiro atoms. The molecule has 1 rings (SSSR count). The van der Waals surface area contributed by atoms with Crippen molar-refractivity contribution in [3.8, 4) is 0 Å². The van der Waals surface area contributed by atoms with Gasteiger partial charge in [0.05, 0.1) is 15.8 Å². The predicted molar refractivity (Wildman–Crippen MR) is 94.8 cm³/mol. The van der Waals surface area contributed by atoms with Crippen molar-refractivity contribution in [2.24, 2.45) is 5.73 Å². The lowest BCUT2D eigenvalue weighted by Crippen LogP contribution is -2.48. The van der Waals surface area contributed by atoms with Gasteiger partial charge >= 0.3 is 0 Å². The summed E-state index contributed by atoms with van der Waals surface area (Å²) in [4.78, 5) is -0.316. The molecule has 0 unspecified atom stereocenters. The van der Waals surface area contributed by atoms with Crippen LogP contribution in [0.15, 0.2) is 23.1 Å². The summed E-state index contributed by atoms with van der Waals surface area (Å²) in [6.07, 6.45) is 0. The standard InChI is InChI=1S/C13H22FN3O4S2.ClH/c1-9(2)22(18,19)16-12-6-5-10(7-11(12)14)23(20,21)17-13(3,4)8-15;/h5-7,9,16-17H,8,15H2,1-4H3;1H. The van der Waals surface area contributed by atoms with Gasteiger partial charge in [-0.3, -0.25) is 4.72 Å². The van der Waals surface area contributed by atoms with Crippen LogP contribution in [-0.2, 0) is 20.0 Å². The third kappa shape index (κ3) is 5.85. The van der Waals surface area contributed by atoms with Gasteiger partial charge in [-0.1, -0.05) is 0 Å². The van der Waals surface area contributed by atoms with Crippen molar-refractivity contribution >= 4 is 38.1 Å². The first kappa shape index (κ1) is 23.1. The fourth-order valence-electron chi connectivity index (χ4n) is 1.48. The highest BCUT2D eigenvalue weighted by Gasteiger charge is 2.26. The number of nitrogens with one attached hydrogen (secondary N) is 2. The molecule has 0 saturated heterocycles. The summed E-state index contributed by atoms with van der Waals surface area (Å²) in [6.45, 7) is 6.12. The lowest BCUT2D eigenvalue weighted by Gasteiger charge is -2.24. The number of halogens is 2. The summed E-state index contributed by atoms with van der Waals surface area (Å²) in [5, 5.41) is -0.752. The SMILES string of the molecule is CC(C)S(=O)(=O)Nc1ccc(S(=O)(=O)NC(C)(C)CN)cc1F.Cl. The summed E-state index contributed by atoms with van der Waals surface area (Å²) in [6, 6.07) is 2.95. The molecule has 0 radical (unpaired) electrons. The Labute approximate surface area is 148 Å². The summed E-state index contributed by atoms with van der Waals surface area (Å²) >= 11 is 0. The van der Waals surface area contributed by atoms with Crippen LogP contribution in [-0.4, -0.2) is 34.2 Å². The summed E-state index contributed by atoms with van der Waals surface area (Å²) in [7, 11) is -7.70. The van der Waals surface area contributed by atoms with E-state index in [1.165, 1.54) is 13.8 Å². The van der Waals surface area contributed by atoms with E-state index in [9.17, 15) is 21.2 Å². The summed E-state index contributed by atoms with van der Waals surface area (Å²) < 4.78 is 66.3. The Morgan fingerprint density at radius 1 is 1.21 bits per heavy atom. The smallest absolute Gasteiger partial charge is 0.241 e. The van der Waals surface area contributed by atoms with Crippen LogP contribution in [0.1, 0.15) is 27.7 Å². The van der Waals surface area contributed by atoms with E-state index in [-0.39, 0.29) is 29.5 Å². The fraction of sp³-hybridized carbons (Fsp3) is 0.538. The molecule has 1 aromatic rings. The number of benzene rings is 1. The Morgan fingerprint density at radius 3 is 2.17 bits per heavy atom. The molecule has 7 nitrogen and oxygen atoms in total. The van der Waals surface area contributed by atoms with Crippen molar-refractivity contribution < 1.29 is 21.2 Å². The normalized spacial score (nSPS) is 12.8. The van der Waals surface area contributed by atoms with E-state index in [2.05, 4.69) is 9.44 Å². The van der Waals surface area contributed by atoms with Crippen LogP contribution in [0.3, 0.4) is 0 Å². The van der Waals surface area contributed by atoms with E-state index in [1.54, 1.807) is 13.8 Å². The van der Waals surface area contributed by atoms with Crippen LogP contribution >= 0.6 is 12.4 Å². The molecule has 0 amide bonds. The molecule has 0 aliphatic heterocycles. The third-order valence-corrected chi connectivity index (χ3v) is 6.49. The van der Waals surface area contributed by atoms with Gasteiger partial charge < -0.3 is 5.73 Å². The van der Waals surface area contributed by atoms with Crippen LogP contribution in [0.4, 0.5) is 10.1 Å². The molecule has 0 saturated carbocycles. The van der Waals surface area contributed by atoms with Crippen LogP contribution < -0.4 is 15.2 Å². The minimum Gasteiger partial charge on any atom is -0.329 e. The van der Waals surface area contributed by atoms with Crippen LogP contribution in [0.5, 0.6) is 0 Å². The molecule has 0 fully saturated rings. The van der Waals surface area contributed by atoms with Gasteiger partial charge in [0.15, 0.2) is 0 Å². The molecular weight excluding hydrogens is 381 g/mol. The van der Waals surface area contributed by atoms with Crippen LogP contribution in [0.2, 0.25) is 0 Å². The van der Waals surface area contributed by atoms with Gasteiger partial charge in [0, 0.05) is 12.1 Å². The molecule has 11 heteroatoms. The second-order valence-corrected chi connectivity index (χ2v) is 9.95. The van der Waals surface area contributed by atoms with E-state index in [0.29, 0.717) is 0 Å². The molecule has 0 bridgehead atoms. The highest BCUT2D eigenvalue weighted by atomic mass is 35.5. The zero-order chi connectivity index (χ0) is 18.1. The van der Waals surface area contributed by atoms with E-state index in [1.807, 2.05) is 0 Å². The van der Waals surface area contributed by atoms with E-state index >= 15 is 0 Å². The molecule has 0 aromatic heterocycles. The van der Waals surface area contributed by atoms with Crippen molar-refractivity contribution in [2.45, 2.75) is 43.4 Å². The number of rotatable bonds is 7. The van der Waals surface area contributed by atoms with Crippen molar-refractivity contribution in [3.63, 3.8) is 0 Å². The van der Waals surface area contributed by atoms with Crippen molar-refractivity contribution in [1.82, 2.24) is 4.72 Å². The summed E-state index contributed by atoms with van der Waals surface area (Å²) in [5.41, 5.74) is 4.26. The Kier molecular flexibility index (Phi) is 7.65. The number of nitrogens with two attached hydrogens (primary N) is 1. The highest BCUT2D eigenvalue weighted by molar-refractivity contribution is 7.93. The lowest BCUT2D eigenvalue weighted by atomic mass is 10.1. The monoisotopic (exact) mass is 403 g/mol. The number of anilines is 1. The van der Waals surface area contributed by atoms with E-state index in [4.69, 9.17) is 5.73 Å². The minimum atomic E-state index is -3.98. The Balaban J connectivity index is 0.00000529. The van der Waals surface area contributed by atoms with E-state index < -0.39 is 36.7 Å². The molecule has 4 N–H and O–H groups in total. The van der Waals surface area contributed by atoms with Gasteiger partial charge in [0.25, 0.3) is 0 Å². The molecule has 0 atom stereocenters. The minimum absolute atomic E-state index is 0. The number of sulfonamides is 2. The van der Waals surface area contributed by atoms with Crippen molar-refractivity contribution in [3.05, 3.63) is 24.0 Å². The molecule has 24 heavy (non-hydrogen) atoms. The Morgan fingerprint density at radius 2 is 1.75 bits per heavy atom. The van der Waals surface area contributed by atoms with Crippen LogP contribution in [0, 0.1) is 5.82 Å². The third-order valence-electron chi connectivity index (χ3n) is 3.04. The summed E-state index contributed by atoms with van der Waals surface area (Å²) in [5.74, 6) is -0.984. The molecule has 0 aliphatic rings. The molecule has 1 aromatic carbocycles. The number of hydrogen-bond acceptors (Lipinski definition) is 5. The maximum Gasteiger partial charge on any atom is 0.241 e. The lowest BCUT2D eigenvalue weighted by molar-refractivity contribution is 0.462. The fourth-order valence-corrected chi connectivity index (χ4v) is 3.62. The zero-order valence-corrected chi connectivity index (χ0v) is 16.3. The van der Waals surface area contributed by atoms with Gasteiger partial charge in [0.1, 0.15) is 5.82 Å². The predicted octanol–water partition coefficient (Wildman–Crippen LogP) is 1.41. The average molecular weight is 404 g/mol. The number of hydrogen-bond donors (Lipinski definition) is 3. The maximum absolute atomic E-state index is 14.0. The first-order valence-corrected chi connectivity index (χ1v) is 9.89. The first-order chi connectivity index (χ1) is 10.3. The molecule has 140 valence electrons. The van der Waals surface area contributed by atoms with Gasteiger partial charge in [0.2, 0.25) is 20.0 Å². The second-order valence-electron chi connectivity index (χ2n) is 6.03.